The van der Waals surface area contributed by atoms with Gasteiger partial charge in [0, 0.05) is 0 Å². The Bertz CT molecular complexity index is 518. The topological polar surface area (TPSA) is 0 Å². The third kappa shape index (κ3) is 2.36. The van der Waals surface area contributed by atoms with Gasteiger partial charge in [0.25, 0.3) is 0 Å². The Morgan fingerprint density at radius 1 is 0.667 bits per heavy atom. The molecule has 0 saturated carbocycles. The van der Waals surface area contributed by atoms with E-state index in [1.165, 1.54) is 21.5 Å². The molecule has 0 atom stereocenters. The molecule has 3 aromatic carbocycles. The minimum absolute atomic E-state index is 0. The first-order chi connectivity index (χ1) is 6.45. The zero-order valence-corrected chi connectivity index (χ0v) is 12.6. The zero-order chi connectivity index (χ0) is 8.67. The van der Waals surface area contributed by atoms with E-state index in [9.17, 15) is 0 Å². The van der Waals surface area contributed by atoms with Crippen LogP contribution in [0.2, 0.25) is 0 Å². The summed E-state index contributed by atoms with van der Waals surface area (Å²) in [5.74, 6) is 0. The van der Waals surface area contributed by atoms with Crippen LogP contribution < -0.4 is 24.0 Å². The summed E-state index contributed by atoms with van der Waals surface area (Å²) in [6.45, 7) is 0. The van der Waals surface area contributed by atoms with Crippen molar-refractivity contribution < 1.29 is 24.0 Å². The van der Waals surface area contributed by atoms with Crippen LogP contribution in [0.3, 0.4) is 0 Å². The zero-order valence-electron chi connectivity index (χ0n) is 8.28. The average Bonchev–Trinajstić information content (AvgIpc) is 2.56. The van der Waals surface area contributed by atoms with Crippen LogP contribution in [0.5, 0.6) is 0 Å². The summed E-state index contributed by atoms with van der Waals surface area (Å²) in [6.07, 6.45) is 0. The quantitative estimate of drug-likeness (QED) is 0.316. The minimum atomic E-state index is 0. The van der Waals surface area contributed by atoms with Crippen molar-refractivity contribution in [3.05, 3.63) is 54.6 Å². The molecule has 2 heteroatoms. The van der Waals surface area contributed by atoms with Crippen molar-refractivity contribution in [3.63, 3.8) is 0 Å². The maximum Gasteiger partial charge on any atom is 2.00 e. The molecule has 0 bridgehead atoms. The van der Waals surface area contributed by atoms with Crippen LogP contribution in [-0.2, 0) is 0 Å². The summed E-state index contributed by atoms with van der Waals surface area (Å²) in [6, 6.07) is 19.3. The fourth-order valence-corrected chi connectivity index (χ4v) is 1.90. The van der Waals surface area contributed by atoms with Gasteiger partial charge in [-0.25, -0.2) is 0 Å². The molecule has 15 heavy (non-hydrogen) atoms. The van der Waals surface area contributed by atoms with Crippen molar-refractivity contribution in [1.82, 2.24) is 0 Å². The van der Waals surface area contributed by atoms with Gasteiger partial charge in [0.15, 0.2) is 0 Å². The van der Waals surface area contributed by atoms with E-state index in [0.29, 0.717) is 0 Å². The number of halogens is 1. The first-order valence-electron chi connectivity index (χ1n) is 4.48. The van der Waals surface area contributed by atoms with Crippen LogP contribution in [0.15, 0.2) is 54.6 Å². The molecular weight excluding hydrogens is 323 g/mol. The van der Waals surface area contributed by atoms with Gasteiger partial charge in [-0.15, -0.1) is 39.7 Å². The average molecular weight is 332 g/mol. The Morgan fingerprint density at radius 3 is 1.53 bits per heavy atom. The third-order valence-corrected chi connectivity index (χ3v) is 2.52. The number of hydrogen-bond acceptors (Lipinski definition) is 0. The van der Waals surface area contributed by atoms with Gasteiger partial charge in [-0.2, -0.15) is 0 Å². The van der Waals surface area contributed by atoms with Gasteiger partial charge in [0.1, 0.15) is 0 Å². The SMILES string of the molecule is [Ca+2].[I-].c1ccc2c(c1)[cH-]c1ccccc12. The van der Waals surface area contributed by atoms with Gasteiger partial charge in [-0.05, 0) is 0 Å². The molecule has 3 aromatic rings. The fraction of sp³-hybridized carbons (Fsp3) is 0. The van der Waals surface area contributed by atoms with Crippen molar-refractivity contribution in [2.24, 2.45) is 0 Å². The molecule has 0 fully saturated rings. The smallest absolute Gasteiger partial charge is 1.00 e. The van der Waals surface area contributed by atoms with Crippen molar-refractivity contribution in [3.8, 4) is 0 Å². The minimum Gasteiger partial charge on any atom is -1.00 e. The summed E-state index contributed by atoms with van der Waals surface area (Å²) in [4.78, 5) is 0. The Hall–Kier alpha value is 0.300. The molecule has 0 spiro atoms. The van der Waals surface area contributed by atoms with Crippen molar-refractivity contribution in [2.75, 3.05) is 0 Å². The normalized spacial score (nSPS) is 9.60. The molecule has 0 aromatic heterocycles. The van der Waals surface area contributed by atoms with Gasteiger partial charge < -0.3 is 24.0 Å². The summed E-state index contributed by atoms with van der Waals surface area (Å²) in [7, 11) is 0. The fourth-order valence-electron chi connectivity index (χ4n) is 1.90. The molecule has 0 aliphatic heterocycles. The van der Waals surface area contributed by atoms with Crippen LogP contribution in [0.25, 0.3) is 21.5 Å². The van der Waals surface area contributed by atoms with E-state index in [0.717, 1.165) is 0 Å². The van der Waals surface area contributed by atoms with E-state index in [4.69, 9.17) is 0 Å². The summed E-state index contributed by atoms with van der Waals surface area (Å²) < 4.78 is 0. The van der Waals surface area contributed by atoms with Gasteiger partial charge >= 0.3 is 37.7 Å². The Morgan fingerprint density at radius 2 is 1.07 bits per heavy atom. The predicted octanol–water partition coefficient (Wildman–Crippen LogP) is 0.335. The van der Waals surface area contributed by atoms with E-state index in [1.807, 2.05) is 0 Å². The number of rotatable bonds is 0. The maximum atomic E-state index is 2.24. The van der Waals surface area contributed by atoms with Gasteiger partial charge in [0.2, 0.25) is 0 Å². The van der Waals surface area contributed by atoms with Crippen LogP contribution in [-0.4, -0.2) is 37.7 Å². The second-order valence-electron chi connectivity index (χ2n) is 3.32. The van der Waals surface area contributed by atoms with E-state index < -0.39 is 0 Å². The molecule has 3 rings (SSSR count). The monoisotopic (exact) mass is 332 g/mol. The molecule has 70 valence electrons. The molecule has 0 N–H and O–H groups in total. The Kier molecular flexibility index (Phi) is 4.97. The molecule has 0 amide bonds. The molecule has 0 aliphatic rings. The molecule has 0 radical (unpaired) electrons. The molecular formula is C13H9CaI. The van der Waals surface area contributed by atoms with Crippen LogP contribution >= 0.6 is 0 Å². The van der Waals surface area contributed by atoms with Crippen LogP contribution in [0.1, 0.15) is 0 Å². The van der Waals surface area contributed by atoms with Gasteiger partial charge in [-0.3, -0.25) is 0 Å². The second-order valence-corrected chi connectivity index (χ2v) is 3.32. The first kappa shape index (κ1) is 13.4. The van der Waals surface area contributed by atoms with Gasteiger partial charge in [-0.1, -0.05) is 36.4 Å². The molecule has 0 unspecified atom stereocenters. The first-order valence-corrected chi connectivity index (χ1v) is 4.48. The number of benzene rings is 2. The third-order valence-electron chi connectivity index (χ3n) is 2.52. The van der Waals surface area contributed by atoms with E-state index in [1.54, 1.807) is 0 Å². The largest absolute Gasteiger partial charge is 2.00 e. The van der Waals surface area contributed by atoms with E-state index >= 15 is 0 Å². The number of hydrogen-bond donors (Lipinski definition) is 0. The maximum absolute atomic E-state index is 2.24. The van der Waals surface area contributed by atoms with Crippen molar-refractivity contribution in [1.29, 1.82) is 0 Å². The van der Waals surface area contributed by atoms with E-state index in [2.05, 4.69) is 54.6 Å². The molecule has 0 aliphatic carbocycles. The van der Waals surface area contributed by atoms with Gasteiger partial charge in [0.05, 0.1) is 0 Å². The standard InChI is InChI=1S/C13H9.Ca.HI/c1-3-7-12-10(5-1)9-11-6-2-4-8-13(11)12;;/h1-9H;;1H/q-1;+2;/p-1. The summed E-state index contributed by atoms with van der Waals surface area (Å²) in [5, 5.41) is 5.39. The summed E-state index contributed by atoms with van der Waals surface area (Å²) >= 11 is 0. The van der Waals surface area contributed by atoms with Crippen LogP contribution in [0.4, 0.5) is 0 Å². The van der Waals surface area contributed by atoms with Crippen molar-refractivity contribution in [2.45, 2.75) is 0 Å². The van der Waals surface area contributed by atoms with E-state index in [-0.39, 0.29) is 61.7 Å². The second kappa shape index (κ2) is 5.58. The predicted molar refractivity (Wildman–Crippen MR) is 62.8 cm³/mol. The van der Waals surface area contributed by atoms with Crippen LogP contribution in [0, 0.1) is 0 Å². The molecule has 0 heterocycles. The van der Waals surface area contributed by atoms with Crippen molar-refractivity contribution >= 4 is 59.3 Å². The Balaban J connectivity index is 0.000000562. The Labute approximate surface area is 136 Å². The molecule has 0 saturated heterocycles. The molecule has 0 nitrogen and oxygen atoms in total. The summed E-state index contributed by atoms with van der Waals surface area (Å²) in [5.41, 5.74) is 0. The number of fused-ring (bicyclic) bond motifs is 3.